The topological polar surface area (TPSA) is 67.9 Å². The fourth-order valence-electron chi connectivity index (χ4n) is 3.64. The van der Waals surface area contributed by atoms with Crippen LogP contribution in [0.15, 0.2) is 48.5 Å². The molecule has 2 heterocycles. The van der Waals surface area contributed by atoms with Gasteiger partial charge in [0.15, 0.2) is 11.5 Å². The predicted octanol–water partition coefficient (Wildman–Crippen LogP) is 2.88. The molecule has 0 atom stereocenters. The van der Waals surface area contributed by atoms with Crippen LogP contribution >= 0.6 is 0 Å². The van der Waals surface area contributed by atoms with Crippen molar-refractivity contribution in [2.24, 2.45) is 5.92 Å². The third kappa shape index (κ3) is 4.27. The fraction of sp³-hybridized carbons (Fsp3) is 0.364. The number of ether oxygens (including phenoxy) is 2. The number of anilines is 1. The molecule has 2 amide bonds. The van der Waals surface area contributed by atoms with Gasteiger partial charge in [0.2, 0.25) is 11.8 Å². The van der Waals surface area contributed by atoms with Crippen molar-refractivity contribution in [1.82, 2.24) is 4.90 Å². The smallest absolute Gasteiger partial charge is 0.227 e. The van der Waals surface area contributed by atoms with Crippen LogP contribution in [0.1, 0.15) is 18.4 Å². The quantitative estimate of drug-likeness (QED) is 0.886. The SMILES string of the molecule is O=C(Nc1ccc2c(c1)OCCO2)C1CCN(C(=O)Cc2ccccc2)CC1. The summed E-state index contributed by atoms with van der Waals surface area (Å²) >= 11 is 0. The number of amides is 2. The molecule has 0 aliphatic carbocycles. The number of hydrogen-bond acceptors (Lipinski definition) is 4. The van der Waals surface area contributed by atoms with E-state index in [9.17, 15) is 9.59 Å². The van der Waals surface area contributed by atoms with Gasteiger partial charge in [0.25, 0.3) is 0 Å². The molecular weight excluding hydrogens is 356 g/mol. The average molecular weight is 380 g/mol. The Balaban J connectivity index is 1.28. The molecule has 2 aromatic rings. The molecule has 6 nitrogen and oxygen atoms in total. The molecular formula is C22H24N2O4. The normalized spacial score (nSPS) is 16.5. The lowest BCUT2D eigenvalue weighted by atomic mass is 9.95. The molecule has 146 valence electrons. The lowest BCUT2D eigenvalue weighted by Crippen LogP contribution is -2.42. The van der Waals surface area contributed by atoms with Gasteiger partial charge >= 0.3 is 0 Å². The standard InChI is InChI=1S/C22H24N2O4/c25-21(14-16-4-2-1-3-5-16)24-10-8-17(9-11-24)22(26)23-18-6-7-19-20(15-18)28-13-12-27-19/h1-7,15,17H,8-14H2,(H,23,26). The molecule has 28 heavy (non-hydrogen) atoms. The second-order valence-corrected chi connectivity index (χ2v) is 7.17. The molecule has 0 bridgehead atoms. The van der Waals surface area contributed by atoms with E-state index in [-0.39, 0.29) is 17.7 Å². The molecule has 1 N–H and O–H groups in total. The molecule has 1 saturated heterocycles. The highest BCUT2D eigenvalue weighted by atomic mass is 16.6. The summed E-state index contributed by atoms with van der Waals surface area (Å²) in [5.74, 6) is 1.39. The third-order valence-electron chi connectivity index (χ3n) is 5.23. The van der Waals surface area contributed by atoms with Gasteiger partial charge < -0.3 is 19.7 Å². The first-order valence-corrected chi connectivity index (χ1v) is 9.71. The average Bonchev–Trinajstić information content (AvgIpc) is 2.74. The van der Waals surface area contributed by atoms with E-state index in [4.69, 9.17) is 9.47 Å². The Morgan fingerprint density at radius 3 is 2.43 bits per heavy atom. The predicted molar refractivity (Wildman–Crippen MR) is 106 cm³/mol. The molecule has 2 aromatic carbocycles. The Morgan fingerprint density at radius 2 is 1.68 bits per heavy atom. The van der Waals surface area contributed by atoms with Crippen LogP contribution in [0.3, 0.4) is 0 Å². The summed E-state index contributed by atoms with van der Waals surface area (Å²) in [6.07, 6.45) is 1.77. The number of carbonyl (C=O) groups is 2. The van der Waals surface area contributed by atoms with E-state index in [2.05, 4.69) is 5.32 Å². The van der Waals surface area contributed by atoms with Crippen LogP contribution in [-0.4, -0.2) is 43.0 Å². The number of likely N-dealkylation sites (tertiary alicyclic amines) is 1. The van der Waals surface area contributed by atoms with Crippen LogP contribution in [0.2, 0.25) is 0 Å². The van der Waals surface area contributed by atoms with Gasteiger partial charge in [-0.15, -0.1) is 0 Å². The van der Waals surface area contributed by atoms with Crippen molar-refractivity contribution in [3.05, 3.63) is 54.1 Å². The number of nitrogens with one attached hydrogen (secondary N) is 1. The zero-order chi connectivity index (χ0) is 19.3. The van der Waals surface area contributed by atoms with E-state index < -0.39 is 0 Å². The van der Waals surface area contributed by atoms with Crippen molar-refractivity contribution in [3.8, 4) is 11.5 Å². The number of rotatable bonds is 4. The molecule has 0 spiro atoms. The summed E-state index contributed by atoms with van der Waals surface area (Å²) in [6.45, 7) is 2.29. The number of carbonyl (C=O) groups excluding carboxylic acids is 2. The van der Waals surface area contributed by atoms with Gasteiger partial charge in [-0.05, 0) is 30.5 Å². The second-order valence-electron chi connectivity index (χ2n) is 7.17. The highest BCUT2D eigenvalue weighted by Gasteiger charge is 2.27. The Labute approximate surface area is 164 Å². The lowest BCUT2D eigenvalue weighted by Gasteiger charge is -2.31. The van der Waals surface area contributed by atoms with Crippen LogP contribution in [0.25, 0.3) is 0 Å². The van der Waals surface area contributed by atoms with Crippen molar-refractivity contribution in [2.75, 3.05) is 31.6 Å². The van der Waals surface area contributed by atoms with Gasteiger partial charge in [-0.1, -0.05) is 30.3 Å². The van der Waals surface area contributed by atoms with Crippen molar-refractivity contribution in [1.29, 1.82) is 0 Å². The molecule has 0 aromatic heterocycles. The molecule has 0 saturated carbocycles. The van der Waals surface area contributed by atoms with E-state index in [1.807, 2.05) is 47.4 Å². The largest absolute Gasteiger partial charge is 0.486 e. The molecule has 1 fully saturated rings. The number of piperidine rings is 1. The summed E-state index contributed by atoms with van der Waals surface area (Å²) in [7, 11) is 0. The first-order chi connectivity index (χ1) is 13.7. The van der Waals surface area contributed by atoms with Crippen molar-refractivity contribution in [3.63, 3.8) is 0 Å². The molecule has 2 aliphatic rings. The molecule has 2 aliphatic heterocycles. The van der Waals surface area contributed by atoms with Crippen LogP contribution in [0.5, 0.6) is 11.5 Å². The van der Waals surface area contributed by atoms with Gasteiger partial charge in [-0.2, -0.15) is 0 Å². The van der Waals surface area contributed by atoms with Crippen LogP contribution in [-0.2, 0) is 16.0 Å². The zero-order valence-electron chi connectivity index (χ0n) is 15.7. The maximum Gasteiger partial charge on any atom is 0.227 e. The van der Waals surface area contributed by atoms with Gasteiger partial charge in [-0.25, -0.2) is 0 Å². The van der Waals surface area contributed by atoms with Crippen LogP contribution < -0.4 is 14.8 Å². The monoisotopic (exact) mass is 380 g/mol. The summed E-state index contributed by atoms with van der Waals surface area (Å²) in [6, 6.07) is 15.2. The summed E-state index contributed by atoms with van der Waals surface area (Å²) in [4.78, 5) is 26.9. The van der Waals surface area contributed by atoms with E-state index in [0.717, 1.165) is 5.56 Å². The van der Waals surface area contributed by atoms with Crippen LogP contribution in [0.4, 0.5) is 5.69 Å². The Bertz CT molecular complexity index is 845. The zero-order valence-corrected chi connectivity index (χ0v) is 15.7. The first-order valence-electron chi connectivity index (χ1n) is 9.71. The van der Waals surface area contributed by atoms with Gasteiger partial charge in [0, 0.05) is 30.8 Å². The number of fused-ring (bicyclic) bond motifs is 1. The Kier molecular flexibility index (Phi) is 5.46. The molecule has 6 heteroatoms. The van der Waals surface area contributed by atoms with E-state index in [1.54, 1.807) is 6.07 Å². The highest BCUT2D eigenvalue weighted by Crippen LogP contribution is 2.33. The lowest BCUT2D eigenvalue weighted by molar-refractivity contribution is -0.133. The Hall–Kier alpha value is -3.02. The molecule has 0 unspecified atom stereocenters. The third-order valence-corrected chi connectivity index (χ3v) is 5.23. The van der Waals surface area contributed by atoms with Crippen molar-refractivity contribution >= 4 is 17.5 Å². The molecule has 4 rings (SSSR count). The molecule has 0 radical (unpaired) electrons. The van der Waals surface area contributed by atoms with Gasteiger partial charge in [-0.3, -0.25) is 9.59 Å². The summed E-state index contributed by atoms with van der Waals surface area (Å²) in [5.41, 5.74) is 1.72. The van der Waals surface area contributed by atoms with E-state index in [1.165, 1.54) is 0 Å². The second kappa shape index (κ2) is 8.33. The van der Waals surface area contributed by atoms with Crippen molar-refractivity contribution in [2.45, 2.75) is 19.3 Å². The van der Waals surface area contributed by atoms with Gasteiger partial charge in [0.1, 0.15) is 13.2 Å². The number of benzene rings is 2. The van der Waals surface area contributed by atoms with Crippen LogP contribution in [0, 0.1) is 5.92 Å². The van der Waals surface area contributed by atoms with E-state index >= 15 is 0 Å². The minimum absolute atomic E-state index is 0.00756. The number of nitrogens with zero attached hydrogens (tertiary/aromatic N) is 1. The maximum absolute atomic E-state index is 12.6. The van der Waals surface area contributed by atoms with Gasteiger partial charge in [0.05, 0.1) is 6.42 Å². The maximum atomic E-state index is 12.6. The number of hydrogen-bond donors (Lipinski definition) is 1. The summed E-state index contributed by atoms with van der Waals surface area (Å²) < 4.78 is 11.1. The first kappa shape index (κ1) is 18.3. The minimum atomic E-state index is -0.0889. The fourth-order valence-corrected chi connectivity index (χ4v) is 3.64. The highest BCUT2D eigenvalue weighted by molar-refractivity contribution is 5.93. The minimum Gasteiger partial charge on any atom is -0.486 e. The van der Waals surface area contributed by atoms with Crippen molar-refractivity contribution < 1.29 is 19.1 Å². The van der Waals surface area contributed by atoms with E-state index in [0.29, 0.717) is 62.8 Å². The summed E-state index contributed by atoms with van der Waals surface area (Å²) in [5, 5.41) is 2.97. The Morgan fingerprint density at radius 1 is 0.964 bits per heavy atom.